The van der Waals surface area contributed by atoms with E-state index in [9.17, 15) is 18.0 Å². The lowest BCUT2D eigenvalue weighted by Crippen LogP contribution is -2.16. The predicted octanol–water partition coefficient (Wildman–Crippen LogP) is 4.10. The van der Waals surface area contributed by atoms with Crippen molar-refractivity contribution in [3.8, 4) is 0 Å². The Bertz CT molecular complexity index is 1020. The van der Waals surface area contributed by atoms with Gasteiger partial charge in [0, 0.05) is 19.2 Å². The number of carbonyl (C=O) groups excluding carboxylic acids is 1. The van der Waals surface area contributed by atoms with Crippen LogP contribution in [0.25, 0.3) is 0 Å². The van der Waals surface area contributed by atoms with Crippen LogP contribution in [0.5, 0.6) is 0 Å². The minimum Gasteiger partial charge on any atom is -0.323 e. The Balaban J connectivity index is 1.69. The molecule has 0 aliphatic carbocycles. The van der Waals surface area contributed by atoms with Gasteiger partial charge in [-0.15, -0.1) is 0 Å². The molecule has 0 saturated heterocycles. The molecule has 0 spiro atoms. The fourth-order valence-electron chi connectivity index (χ4n) is 3.06. The molecule has 1 amide bonds. The van der Waals surface area contributed by atoms with Crippen LogP contribution >= 0.6 is 0 Å². The maximum absolute atomic E-state index is 12.9. The highest BCUT2D eigenvalue weighted by atomic mass is 19.4. The van der Waals surface area contributed by atoms with E-state index in [0.29, 0.717) is 29.2 Å². The fourth-order valence-corrected chi connectivity index (χ4v) is 3.06. The molecule has 1 aromatic carbocycles. The average molecular weight is 405 g/mol. The lowest BCUT2D eigenvalue weighted by molar-refractivity contribution is -0.137. The largest absolute Gasteiger partial charge is 0.416 e. The Morgan fingerprint density at radius 3 is 2.55 bits per heavy atom. The third kappa shape index (κ3) is 5.04. The summed E-state index contributed by atoms with van der Waals surface area (Å²) >= 11 is 0. The molecule has 2 heterocycles. The molecule has 0 bridgehead atoms. The molecule has 3 rings (SSSR count). The first-order valence-corrected chi connectivity index (χ1v) is 9.13. The van der Waals surface area contributed by atoms with Crippen molar-refractivity contribution in [3.05, 3.63) is 64.7 Å². The predicted molar refractivity (Wildman–Crippen MR) is 102 cm³/mol. The summed E-state index contributed by atoms with van der Waals surface area (Å²) in [4.78, 5) is 12.3. The summed E-state index contributed by atoms with van der Waals surface area (Å²) in [7, 11) is 0. The summed E-state index contributed by atoms with van der Waals surface area (Å²) in [6.07, 6.45) is -2.33. The maximum Gasteiger partial charge on any atom is 0.416 e. The molecule has 6 nitrogen and oxygen atoms in total. The summed E-state index contributed by atoms with van der Waals surface area (Å²) in [5.41, 5.74) is 2.55. The van der Waals surface area contributed by atoms with E-state index in [1.807, 2.05) is 19.2 Å². The van der Waals surface area contributed by atoms with Crippen LogP contribution in [0, 0.1) is 20.8 Å². The number of hydrogen-bond donors (Lipinski definition) is 1. The van der Waals surface area contributed by atoms with E-state index >= 15 is 0 Å². The van der Waals surface area contributed by atoms with E-state index in [1.54, 1.807) is 29.3 Å². The molecule has 1 N–H and O–H groups in total. The van der Waals surface area contributed by atoms with E-state index < -0.39 is 11.7 Å². The molecule has 2 aromatic heterocycles. The molecular formula is C20H22F3N5O. The van der Waals surface area contributed by atoms with E-state index in [2.05, 4.69) is 15.5 Å². The molecule has 9 heteroatoms. The molecule has 0 fully saturated rings. The Morgan fingerprint density at radius 1 is 1.14 bits per heavy atom. The van der Waals surface area contributed by atoms with Crippen LogP contribution in [0.4, 0.5) is 18.9 Å². The van der Waals surface area contributed by atoms with Crippen LogP contribution in [-0.4, -0.2) is 25.5 Å². The molecular weight excluding hydrogens is 383 g/mol. The van der Waals surface area contributed by atoms with Crippen molar-refractivity contribution in [1.82, 2.24) is 19.6 Å². The lowest BCUT2D eigenvalue weighted by atomic mass is 10.1. The summed E-state index contributed by atoms with van der Waals surface area (Å²) in [6.45, 7) is 6.04. The van der Waals surface area contributed by atoms with E-state index in [-0.39, 0.29) is 18.9 Å². The zero-order valence-corrected chi connectivity index (χ0v) is 16.4. The van der Waals surface area contributed by atoms with Gasteiger partial charge in [-0.05, 0) is 44.5 Å². The van der Waals surface area contributed by atoms with Gasteiger partial charge >= 0.3 is 6.18 Å². The number of aromatic nitrogens is 4. The maximum atomic E-state index is 12.9. The third-order valence-electron chi connectivity index (χ3n) is 4.57. The van der Waals surface area contributed by atoms with E-state index in [0.717, 1.165) is 17.8 Å². The van der Waals surface area contributed by atoms with Crippen LogP contribution in [-0.2, 0) is 24.1 Å². The standard InChI is InChI=1S/C20H22F3N5O/c1-13-7-9-27(25-13)10-8-18(29)24-19-14(2)26-28(15(19)3)12-16-5-4-6-17(11-16)20(21,22)23/h4-7,9,11H,8,10,12H2,1-3H3,(H,24,29). The van der Waals surface area contributed by atoms with Gasteiger partial charge in [-0.3, -0.25) is 14.2 Å². The highest BCUT2D eigenvalue weighted by Gasteiger charge is 2.30. The van der Waals surface area contributed by atoms with Gasteiger partial charge in [0.1, 0.15) is 0 Å². The molecule has 0 saturated carbocycles. The van der Waals surface area contributed by atoms with Crippen molar-refractivity contribution < 1.29 is 18.0 Å². The van der Waals surface area contributed by atoms with Gasteiger partial charge in [0.2, 0.25) is 5.91 Å². The van der Waals surface area contributed by atoms with Crippen LogP contribution in [0.3, 0.4) is 0 Å². The van der Waals surface area contributed by atoms with Crippen molar-refractivity contribution in [1.29, 1.82) is 0 Å². The van der Waals surface area contributed by atoms with Crippen molar-refractivity contribution in [2.45, 2.75) is 46.5 Å². The molecule has 0 atom stereocenters. The zero-order chi connectivity index (χ0) is 21.2. The van der Waals surface area contributed by atoms with Gasteiger partial charge in [0.15, 0.2) is 0 Å². The summed E-state index contributed by atoms with van der Waals surface area (Å²) in [5, 5.41) is 11.5. The first-order valence-electron chi connectivity index (χ1n) is 9.13. The van der Waals surface area contributed by atoms with E-state index in [4.69, 9.17) is 0 Å². The number of anilines is 1. The normalized spacial score (nSPS) is 11.7. The number of rotatable bonds is 6. The second-order valence-electron chi connectivity index (χ2n) is 6.92. The fraction of sp³-hybridized carbons (Fsp3) is 0.350. The third-order valence-corrected chi connectivity index (χ3v) is 4.57. The van der Waals surface area contributed by atoms with Crippen molar-refractivity contribution in [2.75, 3.05) is 5.32 Å². The number of hydrogen-bond acceptors (Lipinski definition) is 3. The van der Waals surface area contributed by atoms with Gasteiger partial charge in [-0.25, -0.2) is 0 Å². The minimum absolute atomic E-state index is 0.178. The molecule has 154 valence electrons. The number of halogens is 3. The van der Waals surface area contributed by atoms with Gasteiger partial charge in [-0.1, -0.05) is 12.1 Å². The molecule has 0 aliphatic rings. The zero-order valence-electron chi connectivity index (χ0n) is 16.4. The Morgan fingerprint density at radius 2 is 1.90 bits per heavy atom. The Labute approximate surface area is 166 Å². The average Bonchev–Trinajstić information content (AvgIpc) is 3.18. The van der Waals surface area contributed by atoms with Gasteiger partial charge in [-0.2, -0.15) is 23.4 Å². The van der Waals surface area contributed by atoms with Crippen molar-refractivity contribution >= 4 is 11.6 Å². The van der Waals surface area contributed by atoms with E-state index in [1.165, 1.54) is 6.07 Å². The second kappa shape index (κ2) is 8.10. The monoisotopic (exact) mass is 405 g/mol. The first kappa shape index (κ1) is 20.6. The number of carbonyl (C=O) groups is 1. The Kier molecular flexibility index (Phi) is 5.76. The quantitative estimate of drug-likeness (QED) is 0.672. The number of nitrogens with one attached hydrogen (secondary N) is 1. The summed E-state index contributed by atoms with van der Waals surface area (Å²) < 4.78 is 42.0. The number of amides is 1. The van der Waals surface area contributed by atoms with Crippen LogP contribution < -0.4 is 5.32 Å². The summed E-state index contributed by atoms with van der Waals surface area (Å²) in [5.74, 6) is -0.178. The first-order chi connectivity index (χ1) is 13.6. The van der Waals surface area contributed by atoms with Crippen LogP contribution in [0.2, 0.25) is 0 Å². The molecule has 3 aromatic rings. The SMILES string of the molecule is Cc1ccn(CCC(=O)Nc2c(C)nn(Cc3cccc(C(F)(F)F)c3)c2C)n1. The number of alkyl halides is 3. The smallest absolute Gasteiger partial charge is 0.323 e. The second-order valence-corrected chi connectivity index (χ2v) is 6.92. The number of nitrogens with zero attached hydrogens (tertiary/aromatic N) is 4. The van der Waals surface area contributed by atoms with Crippen LogP contribution in [0.15, 0.2) is 36.5 Å². The van der Waals surface area contributed by atoms with Gasteiger partial charge in [0.05, 0.1) is 34.9 Å². The highest BCUT2D eigenvalue weighted by molar-refractivity contribution is 5.91. The molecule has 0 aliphatic heterocycles. The molecule has 0 unspecified atom stereocenters. The minimum atomic E-state index is -4.39. The Hall–Kier alpha value is -3.10. The lowest BCUT2D eigenvalue weighted by Gasteiger charge is -2.10. The van der Waals surface area contributed by atoms with Gasteiger partial charge < -0.3 is 5.32 Å². The summed E-state index contributed by atoms with van der Waals surface area (Å²) in [6, 6.07) is 7.02. The van der Waals surface area contributed by atoms with Gasteiger partial charge in [0.25, 0.3) is 0 Å². The van der Waals surface area contributed by atoms with Crippen molar-refractivity contribution in [2.24, 2.45) is 0 Å². The molecule has 0 radical (unpaired) electrons. The molecule has 29 heavy (non-hydrogen) atoms. The topological polar surface area (TPSA) is 64.7 Å². The highest BCUT2D eigenvalue weighted by Crippen LogP contribution is 2.30. The number of benzene rings is 1. The van der Waals surface area contributed by atoms with Crippen molar-refractivity contribution in [3.63, 3.8) is 0 Å². The van der Waals surface area contributed by atoms with Crippen LogP contribution in [0.1, 0.15) is 34.6 Å². The number of aryl methyl sites for hydroxylation is 3.